The minimum atomic E-state index is 0.0380. The van der Waals surface area contributed by atoms with Gasteiger partial charge in [0.05, 0.1) is 5.25 Å². The quantitative estimate of drug-likeness (QED) is 0.820. The van der Waals surface area contributed by atoms with Gasteiger partial charge in [-0.1, -0.05) is 32.0 Å². The van der Waals surface area contributed by atoms with Crippen molar-refractivity contribution in [2.24, 2.45) is 22.7 Å². The molecule has 3 aliphatic rings. The predicted molar refractivity (Wildman–Crippen MR) is 71.0 cm³/mol. The molecule has 94 valence electrons. The van der Waals surface area contributed by atoms with Crippen molar-refractivity contribution >= 4 is 22.8 Å². The molecule has 1 aliphatic heterocycles. The molecular weight excluding hydrogens is 232 g/mol. The molecule has 1 heterocycles. The van der Waals surface area contributed by atoms with E-state index in [1.807, 2.05) is 0 Å². The SMILES string of the molecule is CC(C)[C@H]1SC(NC2CC3CCC2C3)=NC1=O. The summed E-state index contributed by atoms with van der Waals surface area (Å²) in [6.07, 6.45) is 5.44. The molecule has 0 aromatic carbocycles. The van der Waals surface area contributed by atoms with Crippen LogP contribution in [0.2, 0.25) is 0 Å². The van der Waals surface area contributed by atoms with Crippen LogP contribution in [0.5, 0.6) is 0 Å². The highest BCUT2D eigenvalue weighted by molar-refractivity contribution is 8.15. The normalized spacial score (nSPS) is 40.2. The largest absolute Gasteiger partial charge is 0.361 e. The highest BCUT2D eigenvalue weighted by Crippen LogP contribution is 2.44. The molecule has 0 spiro atoms. The van der Waals surface area contributed by atoms with Crippen LogP contribution in [-0.4, -0.2) is 22.4 Å². The van der Waals surface area contributed by atoms with Crippen molar-refractivity contribution in [3.05, 3.63) is 0 Å². The molecule has 0 saturated heterocycles. The topological polar surface area (TPSA) is 41.5 Å². The zero-order valence-corrected chi connectivity index (χ0v) is 11.3. The first-order valence-corrected chi connectivity index (χ1v) is 7.57. The second-order valence-corrected chi connectivity index (χ2v) is 7.09. The third-order valence-electron chi connectivity index (χ3n) is 4.35. The summed E-state index contributed by atoms with van der Waals surface area (Å²) in [5.74, 6) is 2.18. The third-order valence-corrected chi connectivity index (χ3v) is 5.78. The van der Waals surface area contributed by atoms with E-state index in [0.717, 1.165) is 17.0 Å². The van der Waals surface area contributed by atoms with E-state index in [1.165, 1.54) is 25.7 Å². The molecule has 3 nitrogen and oxygen atoms in total. The standard InChI is InChI=1S/C13H20N2OS/c1-7(2)11-12(16)15-13(17-11)14-10-6-8-3-4-9(10)5-8/h7-11H,3-6H2,1-2H3,(H,14,15,16)/t8?,9?,10?,11-/m1/s1. The lowest BCUT2D eigenvalue weighted by Gasteiger charge is -2.23. The number of fused-ring (bicyclic) bond motifs is 2. The fraction of sp³-hybridized carbons (Fsp3) is 0.846. The van der Waals surface area contributed by atoms with E-state index in [2.05, 4.69) is 24.2 Å². The van der Waals surface area contributed by atoms with Crippen LogP contribution in [0, 0.1) is 17.8 Å². The molecule has 0 aromatic heterocycles. The summed E-state index contributed by atoms with van der Waals surface area (Å²) in [4.78, 5) is 15.9. The van der Waals surface area contributed by atoms with Gasteiger partial charge in [-0.3, -0.25) is 4.79 Å². The summed E-state index contributed by atoms with van der Waals surface area (Å²) in [5.41, 5.74) is 0. The fourth-order valence-corrected chi connectivity index (χ4v) is 4.46. The molecule has 4 heteroatoms. The number of hydrogen-bond donors (Lipinski definition) is 1. The zero-order valence-electron chi connectivity index (χ0n) is 10.5. The number of carbonyl (C=O) groups excluding carboxylic acids is 1. The van der Waals surface area contributed by atoms with Crippen molar-refractivity contribution in [3.63, 3.8) is 0 Å². The van der Waals surface area contributed by atoms with Gasteiger partial charge in [-0.2, -0.15) is 4.99 Å². The van der Waals surface area contributed by atoms with Gasteiger partial charge >= 0.3 is 0 Å². The van der Waals surface area contributed by atoms with Crippen molar-refractivity contribution in [3.8, 4) is 0 Å². The summed E-state index contributed by atoms with van der Waals surface area (Å²) >= 11 is 1.63. The van der Waals surface area contributed by atoms with E-state index in [9.17, 15) is 4.79 Å². The molecular formula is C13H20N2OS. The highest BCUT2D eigenvalue weighted by atomic mass is 32.2. The van der Waals surface area contributed by atoms with Gasteiger partial charge in [0.25, 0.3) is 5.91 Å². The van der Waals surface area contributed by atoms with Crippen LogP contribution < -0.4 is 5.32 Å². The number of carbonyl (C=O) groups is 1. The van der Waals surface area contributed by atoms with Crippen LogP contribution in [0.4, 0.5) is 0 Å². The number of nitrogens with one attached hydrogen (secondary N) is 1. The molecule has 0 aromatic rings. The number of nitrogens with zero attached hydrogens (tertiary/aromatic N) is 1. The van der Waals surface area contributed by atoms with Crippen molar-refractivity contribution in [1.29, 1.82) is 0 Å². The lowest BCUT2D eigenvalue weighted by Crippen LogP contribution is -2.36. The van der Waals surface area contributed by atoms with E-state index < -0.39 is 0 Å². The van der Waals surface area contributed by atoms with Crippen molar-refractivity contribution < 1.29 is 4.79 Å². The van der Waals surface area contributed by atoms with E-state index in [1.54, 1.807) is 11.8 Å². The van der Waals surface area contributed by atoms with Crippen LogP contribution in [0.25, 0.3) is 0 Å². The molecule has 2 fully saturated rings. The van der Waals surface area contributed by atoms with E-state index in [4.69, 9.17) is 0 Å². The Morgan fingerprint density at radius 1 is 1.35 bits per heavy atom. The Labute approximate surface area is 107 Å². The van der Waals surface area contributed by atoms with Crippen LogP contribution in [-0.2, 0) is 4.79 Å². The Morgan fingerprint density at radius 2 is 2.18 bits per heavy atom. The molecule has 1 N–H and O–H groups in total. The van der Waals surface area contributed by atoms with Gasteiger partial charge in [-0.25, -0.2) is 0 Å². The van der Waals surface area contributed by atoms with E-state index >= 15 is 0 Å². The second kappa shape index (κ2) is 4.30. The lowest BCUT2D eigenvalue weighted by molar-refractivity contribution is -0.117. The molecule has 3 unspecified atom stereocenters. The Kier molecular flexibility index (Phi) is 2.93. The lowest BCUT2D eigenvalue weighted by atomic mass is 9.96. The molecule has 3 rings (SSSR count). The van der Waals surface area contributed by atoms with Gasteiger partial charge < -0.3 is 5.32 Å². The van der Waals surface area contributed by atoms with Crippen molar-refractivity contribution in [2.75, 3.05) is 0 Å². The average Bonchev–Trinajstić information content (AvgIpc) is 2.93. The number of rotatable bonds is 2. The number of amides is 1. The van der Waals surface area contributed by atoms with E-state index in [0.29, 0.717) is 12.0 Å². The highest BCUT2D eigenvalue weighted by Gasteiger charge is 2.41. The molecule has 4 atom stereocenters. The van der Waals surface area contributed by atoms with Gasteiger partial charge in [0.15, 0.2) is 5.17 Å². The third kappa shape index (κ3) is 2.12. The maximum Gasteiger partial charge on any atom is 0.261 e. The molecule has 0 radical (unpaired) electrons. The van der Waals surface area contributed by atoms with Gasteiger partial charge in [-0.05, 0) is 37.0 Å². The maximum atomic E-state index is 11.7. The Balaban J connectivity index is 1.60. The summed E-state index contributed by atoms with van der Waals surface area (Å²) in [7, 11) is 0. The fourth-order valence-electron chi connectivity index (χ4n) is 3.43. The molecule has 17 heavy (non-hydrogen) atoms. The Hall–Kier alpha value is -0.510. The van der Waals surface area contributed by atoms with Gasteiger partial charge in [0, 0.05) is 6.04 Å². The first-order valence-electron chi connectivity index (χ1n) is 6.69. The van der Waals surface area contributed by atoms with E-state index in [-0.39, 0.29) is 11.2 Å². The Morgan fingerprint density at radius 3 is 2.71 bits per heavy atom. The smallest absolute Gasteiger partial charge is 0.261 e. The first-order chi connectivity index (χ1) is 8.13. The van der Waals surface area contributed by atoms with Gasteiger partial charge in [0.2, 0.25) is 0 Å². The van der Waals surface area contributed by atoms with Crippen LogP contribution >= 0.6 is 11.8 Å². The monoisotopic (exact) mass is 252 g/mol. The molecule has 2 bridgehead atoms. The Bertz CT molecular complexity index is 366. The first kappa shape index (κ1) is 11.6. The van der Waals surface area contributed by atoms with Gasteiger partial charge in [-0.15, -0.1) is 0 Å². The number of thioether (sulfide) groups is 1. The van der Waals surface area contributed by atoms with Crippen molar-refractivity contribution in [2.45, 2.75) is 50.8 Å². The van der Waals surface area contributed by atoms with Crippen LogP contribution in [0.1, 0.15) is 39.5 Å². The number of aliphatic imine (C=N–C) groups is 1. The summed E-state index contributed by atoms with van der Waals surface area (Å²) in [6.45, 7) is 4.18. The van der Waals surface area contributed by atoms with Crippen molar-refractivity contribution in [1.82, 2.24) is 5.32 Å². The van der Waals surface area contributed by atoms with Crippen LogP contribution in [0.15, 0.2) is 4.99 Å². The summed E-state index contributed by atoms with van der Waals surface area (Å²) in [5, 5.41) is 4.44. The zero-order chi connectivity index (χ0) is 12.0. The summed E-state index contributed by atoms with van der Waals surface area (Å²) in [6, 6.07) is 0.582. The second-order valence-electron chi connectivity index (χ2n) is 5.96. The number of hydrogen-bond acceptors (Lipinski definition) is 3. The number of amidine groups is 1. The predicted octanol–water partition coefficient (Wildman–Crippen LogP) is 2.42. The van der Waals surface area contributed by atoms with Gasteiger partial charge in [0.1, 0.15) is 0 Å². The minimum Gasteiger partial charge on any atom is -0.361 e. The average molecular weight is 252 g/mol. The molecule has 2 saturated carbocycles. The van der Waals surface area contributed by atoms with Crippen LogP contribution in [0.3, 0.4) is 0 Å². The molecule has 1 amide bonds. The minimum absolute atomic E-state index is 0.0380. The summed E-state index contributed by atoms with van der Waals surface area (Å²) < 4.78 is 0. The maximum absolute atomic E-state index is 11.7. The molecule has 2 aliphatic carbocycles.